The monoisotopic (exact) mass is 387 g/mol. The van der Waals surface area contributed by atoms with Gasteiger partial charge in [0.05, 0.1) is 16.0 Å². The molecule has 1 aliphatic carbocycles. The van der Waals surface area contributed by atoms with Gasteiger partial charge in [0.2, 0.25) is 0 Å². The fraction of sp³-hybridized carbons (Fsp3) is 0.529. The average Bonchev–Trinajstić information content (AvgIpc) is 3.00. The van der Waals surface area contributed by atoms with Gasteiger partial charge in [0.15, 0.2) is 0 Å². The summed E-state index contributed by atoms with van der Waals surface area (Å²) >= 11 is 13.7. The second kappa shape index (κ2) is 7.54. The molecule has 4 nitrogen and oxygen atoms in total. The van der Waals surface area contributed by atoms with Gasteiger partial charge in [-0.25, -0.2) is 4.79 Å². The third-order valence-corrected chi connectivity index (χ3v) is 6.78. The van der Waals surface area contributed by atoms with E-state index in [1.807, 2.05) is 0 Å². The van der Waals surface area contributed by atoms with Crippen molar-refractivity contribution in [3.63, 3.8) is 0 Å². The fourth-order valence-corrected chi connectivity index (χ4v) is 5.68. The molecule has 1 N–H and O–H groups in total. The smallest absolute Gasteiger partial charge is 0.327 e. The van der Waals surface area contributed by atoms with E-state index in [0.717, 1.165) is 25.7 Å². The van der Waals surface area contributed by atoms with Crippen molar-refractivity contribution in [1.82, 2.24) is 4.90 Å². The molecule has 1 heterocycles. The van der Waals surface area contributed by atoms with Crippen molar-refractivity contribution in [2.75, 3.05) is 5.75 Å². The second-order valence-corrected chi connectivity index (χ2v) is 8.31. The largest absolute Gasteiger partial charge is 0.480 e. The van der Waals surface area contributed by atoms with Crippen molar-refractivity contribution < 1.29 is 14.7 Å². The molecule has 24 heavy (non-hydrogen) atoms. The first-order valence-electron chi connectivity index (χ1n) is 8.11. The predicted molar refractivity (Wildman–Crippen MR) is 96.9 cm³/mol. The molecule has 2 fully saturated rings. The van der Waals surface area contributed by atoms with Crippen LogP contribution in [0, 0.1) is 5.92 Å². The van der Waals surface area contributed by atoms with Crippen molar-refractivity contribution >= 4 is 46.8 Å². The van der Waals surface area contributed by atoms with Gasteiger partial charge in [0.1, 0.15) is 6.04 Å². The van der Waals surface area contributed by atoms with Crippen LogP contribution in [0.3, 0.4) is 0 Å². The van der Waals surface area contributed by atoms with Crippen LogP contribution >= 0.6 is 35.0 Å². The Hall–Kier alpha value is -0.910. The normalized spacial score (nSPS) is 25.0. The van der Waals surface area contributed by atoms with Gasteiger partial charge in [-0.1, -0.05) is 42.5 Å². The molecule has 130 valence electrons. The van der Waals surface area contributed by atoms with Crippen molar-refractivity contribution in [2.45, 2.75) is 43.5 Å². The summed E-state index contributed by atoms with van der Waals surface area (Å²) in [5.74, 6) is -0.500. The average molecular weight is 388 g/mol. The van der Waals surface area contributed by atoms with Crippen LogP contribution in [0.2, 0.25) is 10.0 Å². The maximum atomic E-state index is 13.1. The number of thioether (sulfide) groups is 1. The molecular weight excluding hydrogens is 369 g/mol. The molecule has 2 aliphatic rings. The van der Waals surface area contributed by atoms with Gasteiger partial charge in [0, 0.05) is 10.8 Å². The molecule has 0 radical (unpaired) electrons. The minimum absolute atomic E-state index is 0.0920. The molecule has 2 unspecified atom stereocenters. The third kappa shape index (κ3) is 3.53. The lowest BCUT2D eigenvalue weighted by Crippen LogP contribution is -2.48. The standard InChI is InChI=1S/C17H19Cl2NO3S/c18-11-6-7-12(13(19)8-11)15(21)20-14(17(22)23)9-24-16(20)10-4-2-1-3-5-10/h6-8,10,14,16H,1-5,9H2,(H,22,23). The number of carbonyl (C=O) groups is 2. The van der Waals surface area contributed by atoms with E-state index in [-0.39, 0.29) is 16.3 Å². The Morgan fingerprint density at radius 1 is 1.17 bits per heavy atom. The zero-order valence-electron chi connectivity index (χ0n) is 13.1. The van der Waals surface area contributed by atoms with Crippen LogP contribution in [-0.4, -0.2) is 39.1 Å². The van der Waals surface area contributed by atoms with E-state index >= 15 is 0 Å². The molecule has 2 atom stereocenters. The van der Waals surface area contributed by atoms with Crippen molar-refractivity contribution in [1.29, 1.82) is 0 Å². The zero-order valence-corrected chi connectivity index (χ0v) is 15.4. The first-order chi connectivity index (χ1) is 11.5. The maximum Gasteiger partial charge on any atom is 0.327 e. The van der Waals surface area contributed by atoms with E-state index in [0.29, 0.717) is 22.3 Å². The Bertz CT molecular complexity index is 649. The zero-order chi connectivity index (χ0) is 17.3. The first kappa shape index (κ1) is 17.9. The molecule has 1 saturated carbocycles. The van der Waals surface area contributed by atoms with Gasteiger partial charge in [-0.15, -0.1) is 11.8 Å². The number of hydrogen-bond donors (Lipinski definition) is 1. The van der Waals surface area contributed by atoms with Gasteiger partial charge in [-0.2, -0.15) is 0 Å². The van der Waals surface area contributed by atoms with E-state index in [1.54, 1.807) is 23.9 Å². The topological polar surface area (TPSA) is 57.6 Å². The van der Waals surface area contributed by atoms with Crippen molar-refractivity contribution in [2.24, 2.45) is 5.92 Å². The highest BCUT2D eigenvalue weighted by atomic mass is 35.5. The molecule has 1 aromatic carbocycles. The van der Waals surface area contributed by atoms with Crippen molar-refractivity contribution in [3.8, 4) is 0 Å². The third-order valence-electron chi connectivity index (χ3n) is 4.77. The number of amides is 1. The number of aliphatic carboxylic acids is 1. The second-order valence-electron chi connectivity index (χ2n) is 6.31. The SMILES string of the molecule is O=C(O)C1CSC(C2CCCCC2)N1C(=O)c1ccc(Cl)cc1Cl. The number of nitrogens with zero attached hydrogens (tertiary/aromatic N) is 1. The highest BCUT2D eigenvalue weighted by Crippen LogP contribution is 2.41. The lowest BCUT2D eigenvalue weighted by molar-refractivity contribution is -0.141. The summed E-state index contributed by atoms with van der Waals surface area (Å²) in [5, 5.41) is 10.2. The number of benzene rings is 1. The molecule has 1 aromatic rings. The quantitative estimate of drug-likeness (QED) is 0.826. The Kier molecular flexibility index (Phi) is 5.63. The summed E-state index contributed by atoms with van der Waals surface area (Å²) in [7, 11) is 0. The maximum absolute atomic E-state index is 13.1. The Balaban J connectivity index is 1.91. The summed E-state index contributed by atoms with van der Waals surface area (Å²) < 4.78 is 0. The number of halogens is 2. The molecular formula is C17H19Cl2NO3S. The summed E-state index contributed by atoms with van der Waals surface area (Å²) in [6.07, 6.45) is 5.59. The van der Waals surface area contributed by atoms with Crippen LogP contribution in [0.4, 0.5) is 0 Å². The van der Waals surface area contributed by atoms with Gasteiger partial charge >= 0.3 is 5.97 Å². The van der Waals surface area contributed by atoms with Crippen LogP contribution in [0.5, 0.6) is 0 Å². The fourth-order valence-electron chi connectivity index (χ4n) is 3.56. The van der Waals surface area contributed by atoms with E-state index < -0.39 is 12.0 Å². The van der Waals surface area contributed by atoms with E-state index in [1.165, 1.54) is 17.4 Å². The molecule has 1 amide bonds. The molecule has 0 aromatic heterocycles. The highest BCUT2D eigenvalue weighted by Gasteiger charge is 2.45. The summed E-state index contributed by atoms with van der Waals surface area (Å²) in [6, 6.07) is 3.90. The minimum atomic E-state index is -0.959. The number of rotatable bonds is 3. The van der Waals surface area contributed by atoms with E-state index in [9.17, 15) is 14.7 Å². The molecule has 7 heteroatoms. The summed E-state index contributed by atoms with van der Waals surface area (Å²) in [4.78, 5) is 26.3. The van der Waals surface area contributed by atoms with Crippen LogP contribution < -0.4 is 0 Å². The highest BCUT2D eigenvalue weighted by molar-refractivity contribution is 8.00. The van der Waals surface area contributed by atoms with Gasteiger partial charge < -0.3 is 10.0 Å². The molecule has 1 aliphatic heterocycles. The predicted octanol–water partition coefficient (Wildman–Crippen LogP) is 4.54. The van der Waals surface area contributed by atoms with Gasteiger partial charge in [0.25, 0.3) is 5.91 Å². The van der Waals surface area contributed by atoms with Gasteiger partial charge in [-0.05, 0) is 37.0 Å². The van der Waals surface area contributed by atoms with E-state index in [2.05, 4.69) is 0 Å². The number of carboxylic acids is 1. The van der Waals surface area contributed by atoms with Crippen LogP contribution in [-0.2, 0) is 4.79 Å². The lowest BCUT2D eigenvalue weighted by atomic mass is 9.88. The molecule has 3 rings (SSSR count). The Labute approximate surface area is 155 Å². The summed E-state index contributed by atoms with van der Waals surface area (Å²) in [5.41, 5.74) is 0.315. The van der Waals surface area contributed by atoms with Gasteiger partial charge in [-0.3, -0.25) is 4.79 Å². The minimum Gasteiger partial charge on any atom is -0.480 e. The molecule has 0 spiro atoms. The number of hydrogen-bond acceptors (Lipinski definition) is 3. The summed E-state index contributed by atoms with van der Waals surface area (Å²) in [6.45, 7) is 0. The Morgan fingerprint density at radius 3 is 2.50 bits per heavy atom. The lowest BCUT2D eigenvalue weighted by Gasteiger charge is -2.35. The Morgan fingerprint density at radius 2 is 1.88 bits per heavy atom. The molecule has 0 bridgehead atoms. The van der Waals surface area contributed by atoms with Crippen molar-refractivity contribution in [3.05, 3.63) is 33.8 Å². The van der Waals surface area contributed by atoms with Crippen LogP contribution in [0.1, 0.15) is 42.5 Å². The van der Waals surface area contributed by atoms with E-state index in [4.69, 9.17) is 23.2 Å². The first-order valence-corrected chi connectivity index (χ1v) is 9.91. The van der Waals surface area contributed by atoms with Crippen LogP contribution in [0.15, 0.2) is 18.2 Å². The number of carbonyl (C=O) groups excluding carboxylic acids is 1. The number of carboxylic acid groups (broad SMARTS) is 1. The molecule has 1 saturated heterocycles. The van der Waals surface area contributed by atoms with Crippen LogP contribution in [0.25, 0.3) is 0 Å².